The third-order valence-corrected chi connectivity index (χ3v) is 2.46. The minimum atomic E-state index is 0.325. The van der Waals surface area contributed by atoms with E-state index >= 15 is 0 Å². The molecule has 0 aromatic rings. The van der Waals surface area contributed by atoms with Crippen LogP contribution in [0, 0.1) is 11.8 Å². The van der Waals surface area contributed by atoms with Gasteiger partial charge < -0.3 is 0 Å². The summed E-state index contributed by atoms with van der Waals surface area (Å²) in [7, 11) is 0. The lowest BCUT2D eigenvalue weighted by Gasteiger charge is -2.31. The molecule has 0 spiro atoms. The van der Waals surface area contributed by atoms with E-state index in [0.717, 1.165) is 12.0 Å². The van der Waals surface area contributed by atoms with Gasteiger partial charge in [0.2, 0.25) is 0 Å². The van der Waals surface area contributed by atoms with Gasteiger partial charge in [-0.05, 0) is 18.9 Å². The van der Waals surface area contributed by atoms with Crippen LogP contribution in [0.5, 0.6) is 0 Å². The number of Topliss-reactive ketones (excluding diaryl/α,β-unsaturated/α-hetero) is 1. The molecule has 0 saturated heterocycles. The molecule has 10 heavy (non-hydrogen) atoms. The molecule has 0 radical (unpaired) electrons. The van der Waals surface area contributed by atoms with Crippen LogP contribution in [0.4, 0.5) is 0 Å². The molecular formula is C9H10O. The zero-order chi connectivity index (χ0) is 7.14. The van der Waals surface area contributed by atoms with Gasteiger partial charge in [-0.25, -0.2) is 0 Å². The topological polar surface area (TPSA) is 17.1 Å². The molecule has 0 amide bonds. The molecule has 52 valence electrons. The molecule has 0 heterocycles. The molecular weight excluding hydrogens is 124 g/mol. The summed E-state index contributed by atoms with van der Waals surface area (Å²) in [4.78, 5) is 11.2. The van der Waals surface area contributed by atoms with Crippen LogP contribution in [0.25, 0.3) is 0 Å². The first-order chi connectivity index (χ1) is 4.84. The molecule has 2 atom stereocenters. The minimum absolute atomic E-state index is 0.325. The van der Waals surface area contributed by atoms with Gasteiger partial charge in [0.1, 0.15) is 0 Å². The smallest absolute Gasteiger partial charge is 0.163 e. The van der Waals surface area contributed by atoms with E-state index in [-0.39, 0.29) is 0 Å². The fourth-order valence-corrected chi connectivity index (χ4v) is 1.86. The quantitative estimate of drug-likeness (QED) is 0.364. The van der Waals surface area contributed by atoms with Crippen molar-refractivity contribution in [3.8, 4) is 0 Å². The average molecular weight is 134 g/mol. The summed E-state index contributed by atoms with van der Waals surface area (Å²) < 4.78 is 0. The Balaban J connectivity index is 2.29. The molecule has 2 aliphatic rings. The second kappa shape index (κ2) is 1.82. The van der Waals surface area contributed by atoms with E-state index in [0.29, 0.717) is 17.6 Å². The maximum atomic E-state index is 11.2. The monoisotopic (exact) mass is 134 g/mol. The van der Waals surface area contributed by atoms with Crippen molar-refractivity contribution in [3.05, 3.63) is 23.8 Å². The lowest BCUT2D eigenvalue weighted by Crippen LogP contribution is -2.36. The molecule has 1 heteroatoms. The van der Waals surface area contributed by atoms with Gasteiger partial charge in [0, 0.05) is 11.8 Å². The van der Waals surface area contributed by atoms with Crippen LogP contribution in [0.1, 0.15) is 13.3 Å². The second-order valence-corrected chi connectivity index (χ2v) is 2.90. The first-order valence-electron chi connectivity index (χ1n) is 3.71. The Hall–Kier alpha value is -0.850. The SMILES string of the molecule is C/C=C1/C(=O)C2CC=CC12. The molecule has 0 aliphatic heterocycles. The summed E-state index contributed by atoms with van der Waals surface area (Å²) in [6.45, 7) is 1.94. The Morgan fingerprint density at radius 3 is 3.20 bits per heavy atom. The van der Waals surface area contributed by atoms with Crippen molar-refractivity contribution in [3.63, 3.8) is 0 Å². The fraction of sp³-hybridized carbons (Fsp3) is 0.444. The molecule has 2 unspecified atom stereocenters. The van der Waals surface area contributed by atoms with Crippen molar-refractivity contribution >= 4 is 5.78 Å². The lowest BCUT2D eigenvalue weighted by atomic mass is 9.70. The maximum absolute atomic E-state index is 11.2. The van der Waals surface area contributed by atoms with Gasteiger partial charge in [0.25, 0.3) is 0 Å². The van der Waals surface area contributed by atoms with Crippen molar-refractivity contribution in [2.45, 2.75) is 13.3 Å². The molecule has 1 fully saturated rings. The molecule has 0 N–H and O–H groups in total. The van der Waals surface area contributed by atoms with E-state index in [1.807, 2.05) is 13.0 Å². The average Bonchev–Trinajstić information content (AvgIpc) is 2.33. The van der Waals surface area contributed by atoms with Crippen molar-refractivity contribution in [1.29, 1.82) is 0 Å². The van der Waals surface area contributed by atoms with Crippen LogP contribution >= 0.6 is 0 Å². The molecule has 2 rings (SSSR count). The number of allylic oxidation sites excluding steroid dienone is 4. The summed E-state index contributed by atoms with van der Waals surface area (Å²) in [6, 6.07) is 0. The number of hydrogen-bond donors (Lipinski definition) is 0. The van der Waals surface area contributed by atoms with Gasteiger partial charge in [-0.2, -0.15) is 0 Å². The standard InChI is InChI=1S/C9H10O/c1-2-6-7-4-3-5-8(7)9(6)10/h2-4,7-8H,5H2,1H3/b6-2+. The Morgan fingerprint density at radius 1 is 1.70 bits per heavy atom. The first kappa shape index (κ1) is 5.90. The minimum Gasteiger partial charge on any atom is -0.294 e. The van der Waals surface area contributed by atoms with Gasteiger partial charge >= 0.3 is 0 Å². The highest BCUT2D eigenvalue weighted by Crippen LogP contribution is 2.43. The van der Waals surface area contributed by atoms with Gasteiger partial charge in [0.05, 0.1) is 0 Å². The predicted octanol–water partition coefficient (Wildman–Crippen LogP) is 1.71. The summed E-state index contributed by atoms with van der Waals surface area (Å²) in [6.07, 6.45) is 7.19. The summed E-state index contributed by atoms with van der Waals surface area (Å²) in [5.41, 5.74) is 1.03. The van der Waals surface area contributed by atoms with Gasteiger partial charge in [-0.1, -0.05) is 18.2 Å². The van der Waals surface area contributed by atoms with E-state index in [1.165, 1.54) is 0 Å². The van der Waals surface area contributed by atoms with Gasteiger partial charge in [-0.15, -0.1) is 0 Å². The number of rotatable bonds is 0. The number of carbonyl (C=O) groups is 1. The lowest BCUT2D eigenvalue weighted by molar-refractivity contribution is -0.124. The molecule has 0 aromatic heterocycles. The number of carbonyl (C=O) groups excluding carboxylic acids is 1. The Kier molecular flexibility index (Phi) is 1.07. The van der Waals surface area contributed by atoms with Crippen molar-refractivity contribution in [2.24, 2.45) is 11.8 Å². The Bertz CT molecular complexity index is 235. The van der Waals surface area contributed by atoms with E-state index in [4.69, 9.17) is 0 Å². The summed E-state index contributed by atoms with van der Waals surface area (Å²) >= 11 is 0. The van der Waals surface area contributed by atoms with Gasteiger partial charge in [0.15, 0.2) is 5.78 Å². The maximum Gasteiger partial charge on any atom is 0.163 e. The highest BCUT2D eigenvalue weighted by atomic mass is 16.1. The van der Waals surface area contributed by atoms with Crippen LogP contribution in [0.15, 0.2) is 23.8 Å². The fourth-order valence-electron chi connectivity index (χ4n) is 1.86. The molecule has 0 aromatic carbocycles. The summed E-state index contributed by atoms with van der Waals surface area (Å²) in [5, 5.41) is 0. The Morgan fingerprint density at radius 2 is 2.50 bits per heavy atom. The van der Waals surface area contributed by atoms with Crippen molar-refractivity contribution < 1.29 is 4.79 Å². The molecule has 1 saturated carbocycles. The predicted molar refractivity (Wildman–Crippen MR) is 39.5 cm³/mol. The third-order valence-electron chi connectivity index (χ3n) is 2.46. The highest BCUT2D eigenvalue weighted by Gasteiger charge is 2.44. The van der Waals surface area contributed by atoms with Gasteiger partial charge in [-0.3, -0.25) is 4.79 Å². The van der Waals surface area contributed by atoms with E-state index in [2.05, 4.69) is 12.2 Å². The van der Waals surface area contributed by atoms with E-state index in [9.17, 15) is 4.79 Å². The third kappa shape index (κ3) is 0.505. The number of ketones is 1. The van der Waals surface area contributed by atoms with Crippen LogP contribution < -0.4 is 0 Å². The summed E-state index contributed by atoms with van der Waals surface area (Å²) in [5.74, 6) is 1.18. The zero-order valence-corrected chi connectivity index (χ0v) is 6.00. The molecule has 0 bridgehead atoms. The van der Waals surface area contributed by atoms with E-state index in [1.54, 1.807) is 0 Å². The number of fused-ring (bicyclic) bond motifs is 1. The molecule has 2 aliphatic carbocycles. The second-order valence-electron chi connectivity index (χ2n) is 2.90. The van der Waals surface area contributed by atoms with Crippen LogP contribution in [0.2, 0.25) is 0 Å². The highest BCUT2D eigenvalue weighted by molar-refractivity contribution is 6.06. The van der Waals surface area contributed by atoms with Crippen LogP contribution in [-0.2, 0) is 4.79 Å². The normalized spacial score (nSPS) is 40.1. The van der Waals surface area contributed by atoms with Crippen LogP contribution in [0.3, 0.4) is 0 Å². The van der Waals surface area contributed by atoms with Crippen LogP contribution in [-0.4, -0.2) is 5.78 Å². The zero-order valence-electron chi connectivity index (χ0n) is 6.00. The largest absolute Gasteiger partial charge is 0.294 e. The Labute approximate surface area is 60.4 Å². The van der Waals surface area contributed by atoms with Crippen molar-refractivity contribution in [1.82, 2.24) is 0 Å². The first-order valence-corrected chi connectivity index (χ1v) is 3.71. The number of hydrogen-bond acceptors (Lipinski definition) is 1. The van der Waals surface area contributed by atoms with E-state index < -0.39 is 0 Å². The van der Waals surface area contributed by atoms with Crippen molar-refractivity contribution in [2.75, 3.05) is 0 Å². The molecule has 1 nitrogen and oxygen atoms in total.